The lowest BCUT2D eigenvalue weighted by atomic mass is 10.1. The van der Waals surface area contributed by atoms with Gasteiger partial charge in [0.05, 0.1) is 0 Å². The number of anilines is 2. The van der Waals surface area contributed by atoms with Crippen molar-refractivity contribution in [3.8, 4) is 0 Å². The molecule has 5 nitrogen and oxygen atoms in total. The van der Waals surface area contributed by atoms with Crippen molar-refractivity contribution in [3.05, 3.63) is 81.9 Å². The number of amides is 1. The fraction of sp³-hybridized carbons (Fsp3) is 0.190. The summed E-state index contributed by atoms with van der Waals surface area (Å²) in [5.41, 5.74) is 3.54. The highest BCUT2D eigenvalue weighted by Crippen LogP contribution is 2.25. The highest BCUT2D eigenvalue weighted by atomic mass is 35.5. The van der Waals surface area contributed by atoms with Gasteiger partial charge >= 0.3 is 0 Å². The first kappa shape index (κ1) is 19.8. The number of aromatic nitrogens is 2. The molecule has 0 fully saturated rings. The number of hydrogen-bond acceptors (Lipinski definition) is 4. The molecule has 0 saturated heterocycles. The van der Waals surface area contributed by atoms with Gasteiger partial charge in [0.1, 0.15) is 11.5 Å². The Morgan fingerprint density at radius 2 is 1.86 bits per heavy atom. The zero-order valence-electron chi connectivity index (χ0n) is 15.6. The Kier molecular flexibility index (Phi) is 6.21. The molecule has 7 heteroatoms. The summed E-state index contributed by atoms with van der Waals surface area (Å²) in [5, 5.41) is 6.58. The van der Waals surface area contributed by atoms with Gasteiger partial charge in [-0.25, -0.2) is 14.4 Å². The quantitative estimate of drug-likeness (QED) is 0.636. The van der Waals surface area contributed by atoms with Crippen molar-refractivity contribution >= 4 is 29.1 Å². The highest BCUT2D eigenvalue weighted by molar-refractivity contribution is 6.31. The molecule has 0 atom stereocenters. The Hall–Kier alpha value is -2.99. The van der Waals surface area contributed by atoms with E-state index in [-0.39, 0.29) is 17.4 Å². The lowest BCUT2D eigenvalue weighted by Gasteiger charge is -2.11. The summed E-state index contributed by atoms with van der Waals surface area (Å²) in [5.74, 6) is -0.244. The average Bonchev–Trinajstić information content (AvgIpc) is 2.66. The molecule has 1 aromatic heterocycles. The monoisotopic (exact) mass is 398 g/mol. The Labute approximate surface area is 168 Å². The van der Waals surface area contributed by atoms with Crippen LogP contribution in [0.3, 0.4) is 0 Å². The summed E-state index contributed by atoms with van der Waals surface area (Å²) in [6, 6.07) is 13.3. The molecule has 0 saturated carbocycles. The predicted molar refractivity (Wildman–Crippen MR) is 109 cm³/mol. The van der Waals surface area contributed by atoms with Crippen LogP contribution in [0.4, 0.5) is 16.0 Å². The van der Waals surface area contributed by atoms with Crippen LogP contribution in [0.5, 0.6) is 0 Å². The summed E-state index contributed by atoms with van der Waals surface area (Å²) in [7, 11) is 0. The smallest absolute Gasteiger partial charge is 0.270 e. The molecule has 144 valence electrons. The summed E-state index contributed by atoms with van der Waals surface area (Å²) in [6.45, 7) is 4.11. The number of nitrogens with one attached hydrogen (secondary N) is 2. The second-order valence-corrected chi connectivity index (χ2v) is 6.80. The van der Waals surface area contributed by atoms with Crippen molar-refractivity contribution in [3.63, 3.8) is 0 Å². The van der Waals surface area contributed by atoms with E-state index in [9.17, 15) is 9.18 Å². The lowest BCUT2D eigenvalue weighted by molar-refractivity contribution is 0.0949. The molecule has 0 aliphatic heterocycles. The number of halogens is 2. The molecule has 0 bridgehead atoms. The second kappa shape index (κ2) is 8.80. The van der Waals surface area contributed by atoms with E-state index in [1.165, 1.54) is 12.1 Å². The topological polar surface area (TPSA) is 66.9 Å². The van der Waals surface area contributed by atoms with Crippen LogP contribution in [-0.4, -0.2) is 22.4 Å². The standard InChI is InChI=1S/C21H20ClFN4O/c1-13-12-19(20(28)24-11-10-15-6-8-16(23)9-7-15)27-21(25-13)26-18-5-3-4-17(22)14(18)2/h3-9,12H,10-11H2,1-2H3,(H,24,28)(H,25,26,27). The number of carbonyl (C=O) groups is 1. The Morgan fingerprint density at radius 1 is 1.11 bits per heavy atom. The third-order valence-electron chi connectivity index (χ3n) is 4.21. The molecule has 0 unspecified atom stereocenters. The van der Waals surface area contributed by atoms with Crippen LogP contribution in [0, 0.1) is 19.7 Å². The zero-order valence-corrected chi connectivity index (χ0v) is 16.3. The van der Waals surface area contributed by atoms with Crippen LogP contribution in [0.2, 0.25) is 5.02 Å². The van der Waals surface area contributed by atoms with Gasteiger partial charge in [-0.05, 0) is 61.7 Å². The van der Waals surface area contributed by atoms with Crippen molar-refractivity contribution in [1.29, 1.82) is 0 Å². The van der Waals surface area contributed by atoms with E-state index < -0.39 is 0 Å². The number of rotatable bonds is 6. The maximum absolute atomic E-state index is 12.9. The van der Waals surface area contributed by atoms with Gasteiger partial charge in [0, 0.05) is 22.9 Å². The summed E-state index contributed by atoms with van der Waals surface area (Å²) < 4.78 is 12.9. The minimum Gasteiger partial charge on any atom is -0.350 e. The SMILES string of the molecule is Cc1cc(C(=O)NCCc2ccc(F)cc2)nc(Nc2cccc(Cl)c2C)n1. The number of nitrogens with zero attached hydrogens (tertiary/aromatic N) is 2. The number of benzene rings is 2. The van der Waals surface area contributed by atoms with E-state index in [2.05, 4.69) is 20.6 Å². The Morgan fingerprint density at radius 3 is 2.61 bits per heavy atom. The maximum atomic E-state index is 12.9. The third kappa shape index (κ3) is 5.04. The first-order valence-electron chi connectivity index (χ1n) is 8.83. The molecule has 1 heterocycles. The summed E-state index contributed by atoms with van der Waals surface area (Å²) in [6.07, 6.45) is 0.600. The van der Waals surface area contributed by atoms with Crippen LogP contribution in [0.15, 0.2) is 48.5 Å². The van der Waals surface area contributed by atoms with E-state index in [0.717, 1.165) is 16.8 Å². The lowest BCUT2D eigenvalue weighted by Crippen LogP contribution is -2.27. The van der Waals surface area contributed by atoms with Crippen molar-refractivity contribution in [2.24, 2.45) is 0 Å². The first-order valence-corrected chi connectivity index (χ1v) is 9.20. The molecular weight excluding hydrogens is 379 g/mol. The van der Waals surface area contributed by atoms with E-state index in [1.54, 1.807) is 31.2 Å². The van der Waals surface area contributed by atoms with Crippen LogP contribution in [0.25, 0.3) is 0 Å². The van der Waals surface area contributed by atoms with Crippen molar-refractivity contribution in [2.45, 2.75) is 20.3 Å². The number of carbonyl (C=O) groups excluding carboxylic acids is 1. The van der Waals surface area contributed by atoms with E-state index in [1.807, 2.05) is 19.1 Å². The normalized spacial score (nSPS) is 10.6. The number of hydrogen-bond donors (Lipinski definition) is 2. The second-order valence-electron chi connectivity index (χ2n) is 6.39. The number of aryl methyl sites for hydroxylation is 1. The van der Waals surface area contributed by atoms with Crippen molar-refractivity contribution in [2.75, 3.05) is 11.9 Å². The van der Waals surface area contributed by atoms with Gasteiger partial charge < -0.3 is 10.6 Å². The van der Waals surface area contributed by atoms with Gasteiger partial charge in [-0.3, -0.25) is 4.79 Å². The van der Waals surface area contributed by atoms with E-state index >= 15 is 0 Å². The molecule has 0 aliphatic rings. The van der Waals surface area contributed by atoms with Crippen LogP contribution in [0.1, 0.15) is 27.3 Å². The average molecular weight is 399 g/mol. The first-order chi connectivity index (χ1) is 13.4. The van der Waals surface area contributed by atoms with Gasteiger partial charge in [0.25, 0.3) is 5.91 Å². The van der Waals surface area contributed by atoms with E-state index in [0.29, 0.717) is 29.6 Å². The molecule has 0 spiro atoms. The maximum Gasteiger partial charge on any atom is 0.270 e. The fourth-order valence-electron chi connectivity index (χ4n) is 2.67. The molecule has 0 aliphatic carbocycles. The van der Waals surface area contributed by atoms with E-state index in [4.69, 9.17) is 11.6 Å². The summed E-state index contributed by atoms with van der Waals surface area (Å²) >= 11 is 6.14. The Bertz CT molecular complexity index is 992. The Balaban J connectivity index is 1.67. The van der Waals surface area contributed by atoms with Gasteiger partial charge in [-0.2, -0.15) is 0 Å². The minimum absolute atomic E-state index is 0.272. The molecule has 1 amide bonds. The van der Waals surface area contributed by atoms with Crippen LogP contribution < -0.4 is 10.6 Å². The van der Waals surface area contributed by atoms with Gasteiger partial charge in [0.15, 0.2) is 0 Å². The molecule has 3 rings (SSSR count). The molecule has 0 radical (unpaired) electrons. The predicted octanol–water partition coefficient (Wildman–Crippen LogP) is 4.60. The summed E-state index contributed by atoms with van der Waals surface area (Å²) in [4.78, 5) is 21.1. The third-order valence-corrected chi connectivity index (χ3v) is 4.62. The largest absolute Gasteiger partial charge is 0.350 e. The molecule has 2 aromatic carbocycles. The molecule has 3 aromatic rings. The molecule has 28 heavy (non-hydrogen) atoms. The highest BCUT2D eigenvalue weighted by Gasteiger charge is 2.11. The van der Waals surface area contributed by atoms with Crippen molar-refractivity contribution in [1.82, 2.24) is 15.3 Å². The molecular formula is C21H20ClFN4O. The van der Waals surface area contributed by atoms with Gasteiger partial charge in [-0.15, -0.1) is 0 Å². The minimum atomic E-state index is -0.293. The van der Waals surface area contributed by atoms with Gasteiger partial charge in [0.2, 0.25) is 5.95 Å². The zero-order chi connectivity index (χ0) is 20.1. The van der Waals surface area contributed by atoms with Crippen LogP contribution >= 0.6 is 11.6 Å². The van der Waals surface area contributed by atoms with Crippen LogP contribution in [-0.2, 0) is 6.42 Å². The van der Waals surface area contributed by atoms with Gasteiger partial charge in [-0.1, -0.05) is 29.8 Å². The fourth-order valence-corrected chi connectivity index (χ4v) is 2.84. The molecule has 2 N–H and O–H groups in total. The van der Waals surface area contributed by atoms with Crippen molar-refractivity contribution < 1.29 is 9.18 Å².